The summed E-state index contributed by atoms with van der Waals surface area (Å²) in [6.07, 6.45) is 0. The van der Waals surface area contributed by atoms with E-state index in [4.69, 9.17) is 4.74 Å². The van der Waals surface area contributed by atoms with Crippen LogP contribution in [-0.4, -0.2) is 63.1 Å². The highest BCUT2D eigenvalue weighted by atomic mass is 16.5. The van der Waals surface area contributed by atoms with Gasteiger partial charge in [0.05, 0.1) is 18.7 Å². The first-order valence-electron chi connectivity index (χ1n) is 9.38. The molecule has 0 spiro atoms. The van der Waals surface area contributed by atoms with Crippen molar-refractivity contribution in [1.82, 2.24) is 9.80 Å². The van der Waals surface area contributed by atoms with Crippen LogP contribution in [0.4, 0.5) is 5.69 Å². The van der Waals surface area contributed by atoms with E-state index in [2.05, 4.69) is 11.0 Å². The largest absolute Gasteiger partial charge is 0.496 e. The number of amides is 1. The van der Waals surface area contributed by atoms with Crippen molar-refractivity contribution in [2.45, 2.75) is 6.04 Å². The van der Waals surface area contributed by atoms with Crippen molar-refractivity contribution < 1.29 is 9.53 Å². The number of rotatable bonds is 5. The molecule has 2 aromatic rings. The average Bonchev–Trinajstić information content (AvgIpc) is 2.74. The minimum atomic E-state index is -0.306. The topological polar surface area (TPSA) is 59.8 Å². The van der Waals surface area contributed by atoms with Gasteiger partial charge in [-0.3, -0.25) is 9.69 Å². The van der Waals surface area contributed by atoms with Gasteiger partial charge in [0.25, 0.3) is 5.91 Å². The number of nitrogens with zero attached hydrogens (tertiary/aromatic N) is 4. The number of hydrogen-bond acceptors (Lipinski definition) is 5. The summed E-state index contributed by atoms with van der Waals surface area (Å²) in [5.41, 5.74) is 2.67. The Morgan fingerprint density at radius 1 is 1.07 bits per heavy atom. The molecule has 6 nitrogen and oxygen atoms in total. The van der Waals surface area contributed by atoms with Crippen LogP contribution in [0.25, 0.3) is 0 Å². The van der Waals surface area contributed by atoms with Gasteiger partial charge in [0.1, 0.15) is 11.8 Å². The van der Waals surface area contributed by atoms with Gasteiger partial charge >= 0.3 is 0 Å². The highest BCUT2D eigenvalue weighted by Crippen LogP contribution is 2.25. The van der Waals surface area contributed by atoms with Gasteiger partial charge in [-0.05, 0) is 29.8 Å². The molecule has 28 heavy (non-hydrogen) atoms. The van der Waals surface area contributed by atoms with Gasteiger partial charge in [0.2, 0.25) is 0 Å². The molecule has 1 unspecified atom stereocenters. The van der Waals surface area contributed by atoms with Crippen molar-refractivity contribution in [3.63, 3.8) is 0 Å². The first-order chi connectivity index (χ1) is 13.5. The van der Waals surface area contributed by atoms with Gasteiger partial charge in [0, 0.05) is 46.0 Å². The minimum Gasteiger partial charge on any atom is -0.496 e. The minimum absolute atomic E-state index is 0.0269. The lowest BCUT2D eigenvalue weighted by Crippen LogP contribution is -2.49. The van der Waals surface area contributed by atoms with Crippen molar-refractivity contribution in [3.8, 4) is 11.8 Å². The van der Waals surface area contributed by atoms with Gasteiger partial charge in [-0.15, -0.1) is 0 Å². The van der Waals surface area contributed by atoms with Crippen molar-refractivity contribution >= 4 is 11.6 Å². The number of benzene rings is 2. The maximum absolute atomic E-state index is 12.9. The molecule has 0 radical (unpaired) electrons. The SMILES string of the molecule is COc1ccccc1C(=O)N1CCN(C(C#N)c2ccc(N(C)C)cc2)CC1. The molecule has 0 aromatic heterocycles. The van der Waals surface area contributed by atoms with Crippen molar-refractivity contribution in [2.75, 3.05) is 52.3 Å². The fraction of sp³-hybridized carbons (Fsp3) is 0.364. The summed E-state index contributed by atoms with van der Waals surface area (Å²) in [5, 5.41) is 9.73. The molecular formula is C22H26N4O2. The van der Waals surface area contributed by atoms with Gasteiger partial charge in [-0.25, -0.2) is 0 Å². The Labute approximate surface area is 166 Å². The third-order valence-corrected chi connectivity index (χ3v) is 5.15. The molecule has 1 aliphatic rings. The van der Waals surface area contributed by atoms with Crippen LogP contribution in [-0.2, 0) is 0 Å². The molecule has 3 rings (SSSR count). The van der Waals surface area contributed by atoms with Gasteiger partial charge in [0.15, 0.2) is 0 Å². The number of nitriles is 1. The van der Waals surface area contributed by atoms with Crippen molar-refractivity contribution in [2.24, 2.45) is 0 Å². The van der Waals surface area contributed by atoms with E-state index in [1.54, 1.807) is 19.2 Å². The molecule has 1 aliphatic heterocycles. The molecule has 1 atom stereocenters. The highest BCUT2D eigenvalue weighted by Gasteiger charge is 2.28. The number of ether oxygens (including phenoxy) is 1. The van der Waals surface area contributed by atoms with Gasteiger partial charge in [-0.1, -0.05) is 24.3 Å². The Morgan fingerprint density at radius 3 is 2.29 bits per heavy atom. The molecule has 0 saturated carbocycles. The van der Waals surface area contributed by atoms with Gasteiger partial charge in [-0.2, -0.15) is 5.26 Å². The second-order valence-corrected chi connectivity index (χ2v) is 7.05. The fourth-order valence-corrected chi connectivity index (χ4v) is 3.50. The van der Waals surface area contributed by atoms with Crippen molar-refractivity contribution in [1.29, 1.82) is 5.26 Å². The van der Waals surface area contributed by atoms with Crippen LogP contribution in [0.5, 0.6) is 5.75 Å². The number of carbonyl (C=O) groups excluding carboxylic acids is 1. The predicted octanol–water partition coefficient (Wildman–Crippen LogP) is 2.78. The molecule has 2 aromatic carbocycles. The zero-order valence-electron chi connectivity index (χ0n) is 16.6. The zero-order chi connectivity index (χ0) is 20.1. The van der Waals surface area contributed by atoms with E-state index in [1.807, 2.05) is 60.3 Å². The summed E-state index contributed by atoms with van der Waals surface area (Å²) in [5.74, 6) is 0.562. The van der Waals surface area contributed by atoms with E-state index in [0.29, 0.717) is 37.5 Å². The molecule has 0 aliphatic carbocycles. The number of piperazine rings is 1. The smallest absolute Gasteiger partial charge is 0.257 e. The van der Waals surface area contributed by atoms with E-state index < -0.39 is 0 Å². The second-order valence-electron chi connectivity index (χ2n) is 7.05. The quantitative estimate of drug-likeness (QED) is 0.801. The highest BCUT2D eigenvalue weighted by molar-refractivity contribution is 5.97. The lowest BCUT2D eigenvalue weighted by molar-refractivity contribution is 0.0603. The first kappa shape index (κ1) is 19.7. The van der Waals surface area contributed by atoms with Crippen LogP contribution in [0.2, 0.25) is 0 Å². The number of para-hydroxylation sites is 1. The van der Waals surface area contributed by atoms with E-state index in [-0.39, 0.29) is 11.9 Å². The zero-order valence-corrected chi connectivity index (χ0v) is 16.6. The van der Waals surface area contributed by atoms with E-state index in [0.717, 1.165) is 11.3 Å². The molecule has 6 heteroatoms. The molecular weight excluding hydrogens is 352 g/mol. The number of anilines is 1. The average molecular weight is 378 g/mol. The molecule has 0 bridgehead atoms. The summed E-state index contributed by atoms with van der Waals surface area (Å²) in [4.78, 5) is 18.9. The Kier molecular flexibility index (Phi) is 6.17. The number of hydrogen-bond donors (Lipinski definition) is 0. The third kappa shape index (κ3) is 4.10. The van der Waals surface area contributed by atoms with Crippen LogP contribution in [0.15, 0.2) is 48.5 Å². The predicted molar refractivity (Wildman–Crippen MR) is 110 cm³/mol. The molecule has 0 N–H and O–H groups in total. The third-order valence-electron chi connectivity index (χ3n) is 5.15. The lowest BCUT2D eigenvalue weighted by atomic mass is 10.0. The Bertz CT molecular complexity index is 850. The Balaban J connectivity index is 1.66. The van der Waals surface area contributed by atoms with E-state index in [1.165, 1.54) is 0 Å². The van der Waals surface area contributed by atoms with Crippen LogP contribution in [0, 0.1) is 11.3 Å². The molecule has 1 heterocycles. The van der Waals surface area contributed by atoms with Crippen molar-refractivity contribution in [3.05, 3.63) is 59.7 Å². The molecule has 1 fully saturated rings. The summed E-state index contributed by atoms with van der Waals surface area (Å²) in [7, 11) is 5.56. The normalized spacial score (nSPS) is 15.6. The molecule has 146 valence electrons. The summed E-state index contributed by atoms with van der Waals surface area (Å²) in [6.45, 7) is 2.50. The van der Waals surface area contributed by atoms with Crippen LogP contribution in [0.3, 0.4) is 0 Å². The van der Waals surface area contributed by atoms with E-state index in [9.17, 15) is 10.1 Å². The Morgan fingerprint density at radius 2 is 1.71 bits per heavy atom. The standard InChI is InChI=1S/C22H26N4O2/c1-24(2)18-10-8-17(9-11-18)20(16-23)25-12-14-26(15-13-25)22(27)19-6-4-5-7-21(19)28-3/h4-11,20H,12-15H2,1-3H3. The van der Waals surface area contributed by atoms with Crippen LogP contribution in [0.1, 0.15) is 22.0 Å². The maximum atomic E-state index is 12.9. The summed E-state index contributed by atoms with van der Waals surface area (Å²) in [6, 6.07) is 17.5. The van der Waals surface area contributed by atoms with E-state index >= 15 is 0 Å². The molecule has 1 amide bonds. The van der Waals surface area contributed by atoms with Crippen LogP contribution < -0.4 is 9.64 Å². The monoisotopic (exact) mass is 378 g/mol. The maximum Gasteiger partial charge on any atom is 0.257 e. The summed E-state index contributed by atoms with van der Waals surface area (Å²) >= 11 is 0. The van der Waals surface area contributed by atoms with Crippen LogP contribution >= 0.6 is 0 Å². The number of carbonyl (C=O) groups is 1. The van der Waals surface area contributed by atoms with Gasteiger partial charge < -0.3 is 14.5 Å². The fourth-order valence-electron chi connectivity index (χ4n) is 3.50. The Hall–Kier alpha value is -3.04. The number of methoxy groups -OCH3 is 1. The molecule has 1 saturated heterocycles. The second kappa shape index (κ2) is 8.77. The first-order valence-corrected chi connectivity index (χ1v) is 9.38. The lowest BCUT2D eigenvalue weighted by Gasteiger charge is -2.37. The summed E-state index contributed by atoms with van der Waals surface area (Å²) < 4.78 is 5.31.